The maximum atomic E-state index is 12.1. The Morgan fingerprint density at radius 2 is 1.80 bits per heavy atom. The first kappa shape index (κ1) is 12.9. The van der Waals surface area contributed by atoms with Crippen molar-refractivity contribution in [1.82, 2.24) is 9.62 Å². The lowest BCUT2D eigenvalue weighted by atomic mass is 10.0. The molecule has 4 nitrogen and oxygen atoms in total. The van der Waals surface area contributed by atoms with Gasteiger partial charge in [0.1, 0.15) is 0 Å². The summed E-state index contributed by atoms with van der Waals surface area (Å²) in [6, 6.07) is 0.325. The molecule has 0 aliphatic carbocycles. The van der Waals surface area contributed by atoms with Gasteiger partial charge in [-0.1, -0.05) is 6.42 Å². The first-order chi connectivity index (χ1) is 6.99. The maximum absolute atomic E-state index is 12.1. The van der Waals surface area contributed by atoms with Crippen molar-refractivity contribution in [3.63, 3.8) is 0 Å². The summed E-state index contributed by atoms with van der Waals surface area (Å²) in [4.78, 5) is 0. The van der Waals surface area contributed by atoms with Crippen LogP contribution in [0.25, 0.3) is 0 Å². The minimum absolute atomic E-state index is 0.163. The molecule has 0 unspecified atom stereocenters. The van der Waals surface area contributed by atoms with Crippen molar-refractivity contribution in [2.45, 2.75) is 45.2 Å². The topological polar surface area (TPSA) is 49.4 Å². The fourth-order valence-corrected chi connectivity index (χ4v) is 4.26. The van der Waals surface area contributed by atoms with Crippen LogP contribution in [0, 0.1) is 0 Å². The molecule has 0 aromatic rings. The maximum Gasteiger partial charge on any atom is 0.215 e. The molecule has 0 amide bonds. The lowest BCUT2D eigenvalue weighted by Gasteiger charge is -2.37. The van der Waals surface area contributed by atoms with Gasteiger partial charge in [-0.15, -0.1) is 0 Å². The van der Waals surface area contributed by atoms with Gasteiger partial charge in [-0.05, 0) is 33.7 Å². The SMILES string of the molecule is CNCCS(=O)(=O)N1[C@H](C)CCC[C@@H]1C. The monoisotopic (exact) mass is 234 g/mol. The zero-order chi connectivity index (χ0) is 11.5. The highest BCUT2D eigenvalue weighted by Gasteiger charge is 2.33. The molecular weight excluding hydrogens is 212 g/mol. The molecular formula is C10H22N2O2S. The van der Waals surface area contributed by atoms with Crippen LogP contribution in [-0.2, 0) is 10.0 Å². The van der Waals surface area contributed by atoms with E-state index in [2.05, 4.69) is 5.32 Å². The summed E-state index contributed by atoms with van der Waals surface area (Å²) in [5, 5.41) is 2.89. The Kier molecular flexibility index (Phi) is 4.55. The van der Waals surface area contributed by atoms with E-state index in [1.165, 1.54) is 0 Å². The summed E-state index contributed by atoms with van der Waals surface area (Å²) in [5.41, 5.74) is 0. The van der Waals surface area contributed by atoms with Gasteiger partial charge < -0.3 is 5.32 Å². The predicted octanol–water partition coefficient (Wildman–Crippen LogP) is 0.798. The number of nitrogens with zero attached hydrogens (tertiary/aromatic N) is 1. The van der Waals surface area contributed by atoms with E-state index < -0.39 is 10.0 Å². The molecule has 15 heavy (non-hydrogen) atoms. The molecule has 2 atom stereocenters. The number of hydrogen-bond acceptors (Lipinski definition) is 3. The van der Waals surface area contributed by atoms with Crippen molar-refractivity contribution >= 4 is 10.0 Å². The van der Waals surface area contributed by atoms with Crippen LogP contribution in [0.15, 0.2) is 0 Å². The fourth-order valence-electron chi connectivity index (χ4n) is 2.28. The van der Waals surface area contributed by atoms with Gasteiger partial charge in [0, 0.05) is 18.6 Å². The van der Waals surface area contributed by atoms with Crippen LogP contribution in [0.5, 0.6) is 0 Å². The van der Waals surface area contributed by atoms with Crippen LogP contribution < -0.4 is 5.32 Å². The smallest absolute Gasteiger partial charge is 0.215 e. The van der Waals surface area contributed by atoms with Crippen molar-refractivity contribution < 1.29 is 8.42 Å². The highest BCUT2D eigenvalue weighted by Crippen LogP contribution is 2.25. The normalized spacial score (nSPS) is 29.3. The van der Waals surface area contributed by atoms with Crippen LogP contribution in [-0.4, -0.2) is 44.2 Å². The highest BCUT2D eigenvalue weighted by molar-refractivity contribution is 7.89. The standard InChI is InChI=1S/C10H22N2O2S/c1-9-5-4-6-10(2)12(9)15(13,14)8-7-11-3/h9-11H,4-8H2,1-3H3/t9-,10+. The van der Waals surface area contributed by atoms with Crippen molar-refractivity contribution in [1.29, 1.82) is 0 Å². The lowest BCUT2D eigenvalue weighted by molar-refractivity contribution is 0.204. The van der Waals surface area contributed by atoms with Crippen molar-refractivity contribution in [2.24, 2.45) is 0 Å². The highest BCUT2D eigenvalue weighted by atomic mass is 32.2. The summed E-state index contributed by atoms with van der Waals surface area (Å²) < 4.78 is 25.8. The Balaban J connectivity index is 2.74. The van der Waals surface area contributed by atoms with Gasteiger partial charge in [0.2, 0.25) is 10.0 Å². The third-order valence-electron chi connectivity index (χ3n) is 3.04. The Hall–Kier alpha value is -0.130. The molecule has 1 N–H and O–H groups in total. The van der Waals surface area contributed by atoms with E-state index in [0.717, 1.165) is 19.3 Å². The number of sulfonamides is 1. The molecule has 1 heterocycles. The molecule has 0 radical (unpaired) electrons. The van der Waals surface area contributed by atoms with Crippen LogP contribution >= 0.6 is 0 Å². The summed E-state index contributed by atoms with van der Waals surface area (Å²) in [6.45, 7) is 4.54. The van der Waals surface area contributed by atoms with Gasteiger partial charge in [0.15, 0.2) is 0 Å². The fraction of sp³-hybridized carbons (Fsp3) is 1.00. The summed E-state index contributed by atoms with van der Waals surface area (Å²) in [6.07, 6.45) is 3.12. The lowest BCUT2D eigenvalue weighted by Crippen LogP contribution is -2.49. The zero-order valence-electron chi connectivity index (χ0n) is 9.86. The van der Waals surface area contributed by atoms with E-state index in [1.807, 2.05) is 13.8 Å². The second-order valence-electron chi connectivity index (χ2n) is 4.38. The van der Waals surface area contributed by atoms with E-state index in [0.29, 0.717) is 6.54 Å². The number of nitrogens with one attached hydrogen (secondary N) is 1. The third kappa shape index (κ3) is 3.16. The minimum atomic E-state index is -3.07. The molecule has 0 bridgehead atoms. The molecule has 1 saturated heterocycles. The van der Waals surface area contributed by atoms with E-state index in [4.69, 9.17) is 0 Å². The number of rotatable bonds is 4. The molecule has 0 aromatic heterocycles. The Labute approximate surface area is 93.1 Å². The summed E-state index contributed by atoms with van der Waals surface area (Å²) >= 11 is 0. The minimum Gasteiger partial charge on any atom is -0.319 e. The average molecular weight is 234 g/mol. The molecule has 90 valence electrons. The molecule has 1 aliphatic rings. The number of hydrogen-bond donors (Lipinski definition) is 1. The number of piperidine rings is 1. The van der Waals surface area contributed by atoms with Crippen molar-refractivity contribution in [2.75, 3.05) is 19.3 Å². The van der Waals surface area contributed by atoms with Gasteiger partial charge in [-0.25, -0.2) is 8.42 Å². The molecule has 0 spiro atoms. The second kappa shape index (κ2) is 5.27. The van der Waals surface area contributed by atoms with E-state index in [-0.39, 0.29) is 17.8 Å². The molecule has 0 saturated carbocycles. The second-order valence-corrected chi connectivity index (χ2v) is 6.37. The Morgan fingerprint density at radius 1 is 1.27 bits per heavy atom. The van der Waals surface area contributed by atoms with E-state index in [1.54, 1.807) is 11.4 Å². The Morgan fingerprint density at radius 3 is 2.27 bits per heavy atom. The summed E-state index contributed by atoms with van der Waals surface area (Å²) in [5.74, 6) is 0.207. The van der Waals surface area contributed by atoms with Crippen molar-refractivity contribution in [3.05, 3.63) is 0 Å². The summed E-state index contributed by atoms with van der Waals surface area (Å²) in [7, 11) is -1.30. The Bertz CT molecular complexity index is 280. The van der Waals surface area contributed by atoms with Crippen LogP contribution in [0.2, 0.25) is 0 Å². The molecule has 0 aromatic carbocycles. The first-order valence-corrected chi connectivity index (χ1v) is 7.25. The van der Waals surface area contributed by atoms with Gasteiger partial charge in [-0.3, -0.25) is 0 Å². The predicted molar refractivity (Wildman–Crippen MR) is 62.3 cm³/mol. The van der Waals surface area contributed by atoms with Crippen LogP contribution in [0.3, 0.4) is 0 Å². The van der Waals surface area contributed by atoms with Crippen molar-refractivity contribution in [3.8, 4) is 0 Å². The van der Waals surface area contributed by atoms with E-state index >= 15 is 0 Å². The molecule has 1 rings (SSSR count). The zero-order valence-corrected chi connectivity index (χ0v) is 10.7. The van der Waals surface area contributed by atoms with Gasteiger partial charge in [0.25, 0.3) is 0 Å². The largest absolute Gasteiger partial charge is 0.319 e. The van der Waals surface area contributed by atoms with Gasteiger partial charge in [-0.2, -0.15) is 4.31 Å². The average Bonchev–Trinajstić information content (AvgIpc) is 2.14. The molecule has 1 fully saturated rings. The van der Waals surface area contributed by atoms with E-state index in [9.17, 15) is 8.42 Å². The van der Waals surface area contributed by atoms with Crippen LogP contribution in [0.4, 0.5) is 0 Å². The quantitative estimate of drug-likeness (QED) is 0.783. The molecule has 5 heteroatoms. The first-order valence-electron chi connectivity index (χ1n) is 5.65. The van der Waals surface area contributed by atoms with Gasteiger partial charge in [0.05, 0.1) is 5.75 Å². The third-order valence-corrected chi connectivity index (χ3v) is 5.13. The van der Waals surface area contributed by atoms with Gasteiger partial charge >= 0.3 is 0 Å². The molecule has 1 aliphatic heterocycles. The van der Waals surface area contributed by atoms with Crippen LogP contribution in [0.1, 0.15) is 33.1 Å².